The van der Waals surface area contributed by atoms with Gasteiger partial charge in [-0.1, -0.05) is 0 Å². The minimum Gasteiger partial charge on any atom is -0.484 e. The van der Waals surface area contributed by atoms with E-state index in [0.717, 1.165) is 126 Å². The number of fused-ring (bicyclic) bond motifs is 2. The van der Waals surface area contributed by atoms with Gasteiger partial charge < -0.3 is 24.9 Å². The van der Waals surface area contributed by atoms with Crippen molar-refractivity contribution in [3.05, 3.63) is 70.4 Å². The fourth-order valence-electron chi connectivity index (χ4n) is 11.0. The SMILES string of the molecule is Cc1c(N2CCC(CN3CCN(CC4CCN(c5cc(C6NNc7cc(F)c(OC8(C)CC8)cc76)ncn5)CC4)C(C)(C)C3)CC2)ccc2c1CN(C1CCC(=O)NC1=O)C2=O. The van der Waals surface area contributed by atoms with Gasteiger partial charge in [0.05, 0.1) is 17.4 Å². The molecule has 2 unspecified atom stereocenters. The van der Waals surface area contributed by atoms with Crippen molar-refractivity contribution in [1.82, 2.24) is 35.4 Å². The zero-order valence-corrected chi connectivity index (χ0v) is 36.6. The number of nitrogens with zero attached hydrogens (tertiary/aromatic N) is 7. The number of carbonyl (C=O) groups excluding carboxylic acids is 3. The number of rotatable bonds is 10. The van der Waals surface area contributed by atoms with Gasteiger partial charge in [0, 0.05) is 106 Å². The third-order valence-electron chi connectivity index (χ3n) is 15.1. The molecule has 15 heteroatoms. The summed E-state index contributed by atoms with van der Waals surface area (Å²) in [4.78, 5) is 58.9. The average Bonchev–Trinajstić information content (AvgIpc) is 3.69. The van der Waals surface area contributed by atoms with Crippen LogP contribution in [0.25, 0.3) is 0 Å². The number of imide groups is 1. The van der Waals surface area contributed by atoms with Crippen molar-refractivity contribution in [1.29, 1.82) is 0 Å². The maximum Gasteiger partial charge on any atom is 0.255 e. The molecule has 2 atom stereocenters. The van der Waals surface area contributed by atoms with E-state index in [4.69, 9.17) is 4.74 Å². The highest BCUT2D eigenvalue weighted by molar-refractivity contribution is 6.05. The average molecular weight is 849 g/mol. The Kier molecular flexibility index (Phi) is 10.7. The van der Waals surface area contributed by atoms with Crippen LogP contribution in [0.1, 0.15) is 111 Å². The minimum atomic E-state index is -0.595. The van der Waals surface area contributed by atoms with E-state index in [1.54, 1.807) is 11.2 Å². The summed E-state index contributed by atoms with van der Waals surface area (Å²) in [6, 6.07) is 8.60. The fraction of sp³-hybridized carbons (Fsp3) is 0.596. The van der Waals surface area contributed by atoms with Gasteiger partial charge in [0.15, 0.2) is 11.6 Å². The number of piperazine rings is 1. The lowest BCUT2D eigenvalue weighted by atomic mass is 9.90. The van der Waals surface area contributed by atoms with Crippen LogP contribution in [0.15, 0.2) is 36.7 Å². The molecule has 0 bridgehead atoms. The molecule has 7 aliphatic rings. The van der Waals surface area contributed by atoms with Crippen LogP contribution < -0.4 is 30.7 Å². The number of anilines is 3. The van der Waals surface area contributed by atoms with Gasteiger partial charge in [0.1, 0.15) is 23.8 Å². The van der Waals surface area contributed by atoms with Crippen LogP contribution in [0.5, 0.6) is 5.75 Å². The smallest absolute Gasteiger partial charge is 0.255 e. The fourth-order valence-corrected chi connectivity index (χ4v) is 11.0. The second-order valence-corrected chi connectivity index (χ2v) is 19.9. The Balaban J connectivity index is 0.688. The lowest BCUT2D eigenvalue weighted by Crippen LogP contribution is -2.61. The molecule has 62 heavy (non-hydrogen) atoms. The van der Waals surface area contributed by atoms with E-state index in [2.05, 4.69) is 78.6 Å². The summed E-state index contributed by atoms with van der Waals surface area (Å²) in [5, 5.41) is 2.41. The summed E-state index contributed by atoms with van der Waals surface area (Å²) in [6.45, 7) is 18.8. The molecule has 0 spiro atoms. The van der Waals surface area contributed by atoms with E-state index >= 15 is 0 Å². The summed E-state index contributed by atoms with van der Waals surface area (Å²) in [7, 11) is 0. The number of piperidine rings is 3. The van der Waals surface area contributed by atoms with E-state index in [9.17, 15) is 18.8 Å². The Labute approximate surface area is 363 Å². The first-order chi connectivity index (χ1) is 29.8. The van der Waals surface area contributed by atoms with E-state index < -0.39 is 6.04 Å². The van der Waals surface area contributed by atoms with Gasteiger partial charge in [-0.2, -0.15) is 0 Å². The maximum atomic E-state index is 14.9. The van der Waals surface area contributed by atoms with Crippen LogP contribution in [0, 0.1) is 24.6 Å². The normalized spacial score (nSPS) is 25.4. The van der Waals surface area contributed by atoms with Crippen molar-refractivity contribution in [3.63, 3.8) is 0 Å². The highest BCUT2D eigenvalue weighted by atomic mass is 19.1. The number of hydrogen-bond acceptors (Lipinski definition) is 12. The highest BCUT2D eigenvalue weighted by Gasteiger charge is 2.43. The van der Waals surface area contributed by atoms with Gasteiger partial charge in [-0.25, -0.2) is 19.8 Å². The topological polar surface area (TPSA) is 139 Å². The molecule has 1 aliphatic carbocycles. The number of benzene rings is 2. The lowest BCUT2D eigenvalue weighted by Gasteiger charge is -2.50. The zero-order chi connectivity index (χ0) is 42.9. The number of amides is 3. The molecule has 3 aromatic rings. The zero-order valence-electron chi connectivity index (χ0n) is 36.6. The molecule has 14 nitrogen and oxygen atoms in total. The Bertz CT molecular complexity index is 2250. The Morgan fingerprint density at radius 3 is 2.34 bits per heavy atom. The molecule has 10 rings (SSSR count). The second kappa shape index (κ2) is 16.0. The van der Waals surface area contributed by atoms with Crippen LogP contribution in [0.4, 0.5) is 21.6 Å². The minimum absolute atomic E-state index is 0.0983. The van der Waals surface area contributed by atoms with Crippen molar-refractivity contribution >= 4 is 34.9 Å². The predicted octanol–water partition coefficient (Wildman–Crippen LogP) is 5.17. The largest absolute Gasteiger partial charge is 0.484 e. The van der Waals surface area contributed by atoms with Gasteiger partial charge >= 0.3 is 0 Å². The standard InChI is InChI=1S/C47H61FN10O4/c1-29-34-26-58(39-7-8-42(59)51-44(39)60)45(61)32(34)5-6-38(29)55-15-9-30(10-16-55)24-54-19-20-57(46(2,3)27-54)25-31-11-17-56(18-12-31)41-23-37(49-28-50-41)43-33-21-40(62-47(4)13-14-47)35(48)22-36(33)52-53-43/h5-6,21-23,28,30-31,39,43,52-53H,7-20,24-27H2,1-4H3,(H,51,59,60). The molecule has 2 aromatic carbocycles. The molecular formula is C47H61FN10O4. The van der Waals surface area contributed by atoms with E-state index in [1.165, 1.54) is 11.8 Å². The molecule has 6 aliphatic heterocycles. The molecule has 330 valence electrons. The van der Waals surface area contributed by atoms with Gasteiger partial charge in [0.2, 0.25) is 11.8 Å². The number of carbonyl (C=O) groups is 3. The molecule has 0 radical (unpaired) electrons. The van der Waals surface area contributed by atoms with Crippen LogP contribution in [-0.4, -0.2) is 118 Å². The number of hydrazine groups is 1. The van der Waals surface area contributed by atoms with Gasteiger partial charge in [0.25, 0.3) is 5.91 Å². The molecular weight excluding hydrogens is 788 g/mol. The number of aromatic nitrogens is 2. The summed E-state index contributed by atoms with van der Waals surface area (Å²) in [5.41, 5.74) is 12.8. The van der Waals surface area contributed by atoms with E-state index in [0.29, 0.717) is 41.8 Å². The van der Waals surface area contributed by atoms with Crippen molar-refractivity contribution in [3.8, 4) is 5.75 Å². The molecule has 5 fully saturated rings. The summed E-state index contributed by atoms with van der Waals surface area (Å²) in [6.07, 6.45) is 8.69. The summed E-state index contributed by atoms with van der Waals surface area (Å²) in [5.74, 6) is 1.41. The van der Waals surface area contributed by atoms with E-state index in [-0.39, 0.29) is 47.1 Å². The number of halogens is 1. The van der Waals surface area contributed by atoms with Gasteiger partial charge in [-0.3, -0.25) is 29.5 Å². The lowest BCUT2D eigenvalue weighted by molar-refractivity contribution is -0.136. The molecule has 1 saturated carbocycles. The first-order valence-corrected chi connectivity index (χ1v) is 22.9. The Hall–Kier alpha value is -4.86. The van der Waals surface area contributed by atoms with Crippen LogP contribution >= 0.6 is 0 Å². The molecule has 3 N–H and O–H groups in total. The summed E-state index contributed by atoms with van der Waals surface area (Å²) < 4.78 is 20.9. The third-order valence-corrected chi connectivity index (χ3v) is 15.1. The second-order valence-electron chi connectivity index (χ2n) is 19.9. The van der Waals surface area contributed by atoms with Crippen molar-refractivity contribution in [2.75, 3.05) is 74.1 Å². The van der Waals surface area contributed by atoms with Gasteiger partial charge in [-0.15, -0.1) is 0 Å². The first kappa shape index (κ1) is 41.2. The quantitative estimate of drug-likeness (QED) is 0.233. The number of nitrogens with one attached hydrogen (secondary N) is 3. The molecule has 4 saturated heterocycles. The van der Waals surface area contributed by atoms with Crippen LogP contribution in [0.2, 0.25) is 0 Å². The van der Waals surface area contributed by atoms with Gasteiger partial charge in [-0.05, 0) is 114 Å². The number of ether oxygens (including phenoxy) is 1. The van der Waals surface area contributed by atoms with Crippen molar-refractivity contribution < 1.29 is 23.5 Å². The van der Waals surface area contributed by atoms with E-state index in [1.807, 2.05) is 19.1 Å². The molecule has 1 aromatic heterocycles. The Morgan fingerprint density at radius 1 is 0.871 bits per heavy atom. The highest BCUT2D eigenvalue weighted by Crippen LogP contribution is 2.44. The monoisotopic (exact) mass is 848 g/mol. The van der Waals surface area contributed by atoms with Crippen LogP contribution in [0.3, 0.4) is 0 Å². The molecule has 3 amide bonds. The molecule has 7 heterocycles. The maximum absolute atomic E-state index is 14.9. The third kappa shape index (κ3) is 8.00. The summed E-state index contributed by atoms with van der Waals surface area (Å²) >= 11 is 0. The number of hydrogen-bond donors (Lipinski definition) is 3. The first-order valence-electron chi connectivity index (χ1n) is 22.9. The van der Waals surface area contributed by atoms with Crippen molar-refractivity contribution in [2.45, 2.75) is 109 Å². The Morgan fingerprint density at radius 2 is 1.61 bits per heavy atom. The van der Waals surface area contributed by atoms with Crippen LogP contribution in [-0.2, 0) is 16.1 Å². The predicted molar refractivity (Wildman–Crippen MR) is 234 cm³/mol. The van der Waals surface area contributed by atoms with Crippen molar-refractivity contribution in [2.24, 2.45) is 11.8 Å².